The number of nitro groups is 1. The van der Waals surface area contributed by atoms with Crippen LogP contribution in [0.4, 0.5) is 0 Å². The fraction of sp³-hybridized carbons (Fsp3) is 0.750. The molecule has 0 spiro atoms. The van der Waals surface area contributed by atoms with E-state index in [4.69, 9.17) is 0 Å². The van der Waals surface area contributed by atoms with Gasteiger partial charge in [-0.15, -0.1) is 0 Å². The standard InChI is InChI=1S/C4H7NO4/c6-4-9-3-1-2-5(7)8/h4H,1-3H2. The first-order chi connectivity index (χ1) is 4.27. The highest BCUT2D eigenvalue weighted by molar-refractivity contribution is 5.36. The summed E-state index contributed by atoms with van der Waals surface area (Å²) < 4.78 is 4.20. The van der Waals surface area contributed by atoms with Crippen LogP contribution in [-0.4, -0.2) is 24.5 Å². The lowest BCUT2D eigenvalue weighted by Gasteiger charge is -1.91. The molecule has 0 fully saturated rings. The van der Waals surface area contributed by atoms with Crippen LogP contribution in [0, 0.1) is 10.1 Å². The largest absolute Gasteiger partial charge is 0.468 e. The number of ether oxygens (including phenoxy) is 1. The smallest absolute Gasteiger partial charge is 0.293 e. The molecule has 0 radical (unpaired) electrons. The van der Waals surface area contributed by atoms with Gasteiger partial charge in [-0.2, -0.15) is 0 Å². The summed E-state index contributed by atoms with van der Waals surface area (Å²) in [7, 11) is 0. The van der Waals surface area contributed by atoms with Crippen LogP contribution in [0.3, 0.4) is 0 Å². The van der Waals surface area contributed by atoms with Gasteiger partial charge in [-0.25, -0.2) is 0 Å². The molecule has 0 bridgehead atoms. The maximum atomic E-state index is 9.62. The Balaban J connectivity index is 2.91. The van der Waals surface area contributed by atoms with Gasteiger partial charge in [-0.1, -0.05) is 0 Å². The molecule has 9 heavy (non-hydrogen) atoms. The Morgan fingerprint density at radius 2 is 2.33 bits per heavy atom. The average molecular weight is 133 g/mol. The van der Waals surface area contributed by atoms with Crippen molar-refractivity contribution in [1.82, 2.24) is 0 Å². The molecule has 5 heteroatoms. The second-order valence-corrected chi connectivity index (χ2v) is 1.38. The van der Waals surface area contributed by atoms with E-state index in [0.29, 0.717) is 0 Å². The zero-order valence-corrected chi connectivity index (χ0v) is 4.78. The number of hydrogen-bond acceptors (Lipinski definition) is 4. The molecule has 0 unspecified atom stereocenters. The molecule has 0 saturated heterocycles. The van der Waals surface area contributed by atoms with Gasteiger partial charge in [0, 0.05) is 11.3 Å². The van der Waals surface area contributed by atoms with Crippen LogP contribution in [0.25, 0.3) is 0 Å². The van der Waals surface area contributed by atoms with Crippen molar-refractivity contribution < 1.29 is 14.5 Å². The summed E-state index contributed by atoms with van der Waals surface area (Å²) in [6.07, 6.45) is 0.283. The van der Waals surface area contributed by atoms with Crippen LogP contribution in [0.15, 0.2) is 0 Å². The fourth-order valence-electron chi connectivity index (χ4n) is 0.325. The molecule has 0 aliphatic rings. The third kappa shape index (κ3) is 6.87. The predicted octanol–water partition coefficient (Wildman–Crippen LogP) is -0.174. The van der Waals surface area contributed by atoms with Crippen LogP contribution in [0.5, 0.6) is 0 Å². The highest BCUT2D eigenvalue weighted by atomic mass is 16.6. The van der Waals surface area contributed by atoms with Crippen molar-refractivity contribution in [3.8, 4) is 0 Å². The van der Waals surface area contributed by atoms with Crippen LogP contribution in [0.2, 0.25) is 0 Å². The van der Waals surface area contributed by atoms with Gasteiger partial charge in [0.15, 0.2) is 0 Å². The fourth-order valence-corrected chi connectivity index (χ4v) is 0.325. The Labute approximate surface area is 51.8 Å². The predicted molar refractivity (Wildman–Crippen MR) is 28.5 cm³/mol. The van der Waals surface area contributed by atoms with Gasteiger partial charge >= 0.3 is 0 Å². The van der Waals surface area contributed by atoms with Crippen LogP contribution in [-0.2, 0) is 9.53 Å². The molecule has 0 rings (SSSR count). The number of hydrogen-bond donors (Lipinski definition) is 0. The molecular weight excluding hydrogens is 126 g/mol. The van der Waals surface area contributed by atoms with Crippen molar-refractivity contribution in [1.29, 1.82) is 0 Å². The van der Waals surface area contributed by atoms with Gasteiger partial charge in [0.05, 0.1) is 6.61 Å². The maximum absolute atomic E-state index is 9.62. The van der Waals surface area contributed by atoms with Gasteiger partial charge in [-0.05, 0) is 0 Å². The van der Waals surface area contributed by atoms with Gasteiger partial charge in [0.1, 0.15) is 0 Å². The molecular formula is C4H7NO4. The lowest BCUT2D eigenvalue weighted by Crippen LogP contribution is -2.04. The highest BCUT2D eigenvalue weighted by Gasteiger charge is 1.94. The van der Waals surface area contributed by atoms with E-state index in [0.717, 1.165) is 0 Å². The van der Waals surface area contributed by atoms with Crippen molar-refractivity contribution in [3.05, 3.63) is 10.1 Å². The molecule has 0 aromatic heterocycles. The minimum absolute atomic E-state index is 0.129. The monoisotopic (exact) mass is 133 g/mol. The Kier molecular flexibility index (Phi) is 4.39. The Bertz CT molecular complexity index is 103. The molecule has 0 N–H and O–H groups in total. The summed E-state index contributed by atoms with van der Waals surface area (Å²) >= 11 is 0. The Morgan fingerprint density at radius 1 is 1.67 bits per heavy atom. The SMILES string of the molecule is O=COCCC[N+](=O)[O-]. The Hall–Kier alpha value is -1.13. The van der Waals surface area contributed by atoms with Crippen molar-refractivity contribution in [2.45, 2.75) is 6.42 Å². The number of rotatable bonds is 5. The van der Waals surface area contributed by atoms with Crippen LogP contribution in [0.1, 0.15) is 6.42 Å². The van der Waals surface area contributed by atoms with E-state index in [1.165, 1.54) is 0 Å². The first-order valence-corrected chi connectivity index (χ1v) is 2.44. The van der Waals surface area contributed by atoms with E-state index in [-0.39, 0.29) is 26.0 Å². The summed E-state index contributed by atoms with van der Waals surface area (Å²) in [6, 6.07) is 0. The highest BCUT2D eigenvalue weighted by Crippen LogP contribution is 1.79. The van der Waals surface area contributed by atoms with E-state index < -0.39 is 4.92 Å². The minimum atomic E-state index is -0.450. The number of carbonyl (C=O) groups is 1. The molecule has 0 heterocycles. The average Bonchev–Trinajstić information content (AvgIpc) is 1.80. The topological polar surface area (TPSA) is 69.4 Å². The molecule has 0 amide bonds. The molecule has 0 aliphatic carbocycles. The van der Waals surface area contributed by atoms with E-state index in [1.807, 2.05) is 0 Å². The third-order valence-electron chi connectivity index (χ3n) is 0.671. The van der Waals surface area contributed by atoms with Crippen molar-refractivity contribution in [2.75, 3.05) is 13.2 Å². The van der Waals surface area contributed by atoms with Crippen molar-refractivity contribution in [2.24, 2.45) is 0 Å². The molecule has 0 saturated carbocycles. The van der Waals surface area contributed by atoms with Crippen molar-refractivity contribution >= 4 is 6.47 Å². The molecule has 0 aliphatic heterocycles. The van der Waals surface area contributed by atoms with Crippen LogP contribution >= 0.6 is 0 Å². The second kappa shape index (κ2) is 5.02. The van der Waals surface area contributed by atoms with Gasteiger partial charge in [0.25, 0.3) is 6.47 Å². The molecule has 0 aromatic rings. The van der Waals surface area contributed by atoms with Gasteiger partial charge in [-0.3, -0.25) is 14.9 Å². The second-order valence-electron chi connectivity index (χ2n) is 1.38. The minimum Gasteiger partial charge on any atom is -0.468 e. The first kappa shape index (κ1) is 7.87. The first-order valence-electron chi connectivity index (χ1n) is 2.44. The number of carbonyl (C=O) groups excluding carboxylic acids is 1. The maximum Gasteiger partial charge on any atom is 0.293 e. The molecule has 0 aromatic carbocycles. The van der Waals surface area contributed by atoms with E-state index in [1.54, 1.807) is 0 Å². The quantitative estimate of drug-likeness (QED) is 0.226. The van der Waals surface area contributed by atoms with E-state index in [9.17, 15) is 14.9 Å². The zero-order valence-electron chi connectivity index (χ0n) is 4.78. The Morgan fingerprint density at radius 3 is 2.78 bits per heavy atom. The van der Waals surface area contributed by atoms with E-state index >= 15 is 0 Å². The van der Waals surface area contributed by atoms with Crippen LogP contribution < -0.4 is 0 Å². The molecule has 0 atom stereocenters. The van der Waals surface area contributed by atoms with Gasteiger partial charge in [0.2, 0.25) is 6.54 Å². The lowest BCUT2D eigenvalue weighted by molar-refractivity contribution is -0.480. The summed E-state index contributed by atoms with van der Waals surface area (Å²) in [5.41, 5.74) is 0. The normalized spacial score (nSPS) is 8.44. The summed E-state index contributed by atoms with van der Waals surface area (Å²) in [5.74, 6) is 0. The lowest BCUT2D eigenvalue weighted by atomic mass is 10.5. The van der Waals surface area contributed by atoms with Crippen molar-refractivity contribution in [3.63, 3.8) is 0 Å². The molecule has 5 nitrogen and oxygen atoms in total. The molecule has 52 valence electrons. The summed E-state index contributed by atoms with van der Waals surface area (Å²) in [5, 5.41) is 9.62. The zero-order chi connectivity index (χ0) is 7.11. The number of nitrogens with zero attached hydrogens (tertiary/aromatic N) is 1. The van der Waals surface area contributed by atoms with Gasteiger partial charge < -0.3 is 4.74 Å². The summed E-state index contributed by atoms with van der Waals surface area (Å²) in [6.45, 7) is 0.262. The van der Waals surface area contributed by atoms with E-state index in [2.05, 4.69) is 4.74 Å². The third-order valence-corrected chi connectivity index (χ3v) is 0.671. The summed E-state index contributed by atoms with van der Waals surface area (Å²) in [4.78, 5) is 18.6.